The van der Waals surface area contributed by atoms with Crippen molar-refractivity contribution in [2.45, 2.75) is 26.7 Å². The smallest absolute Gasteiger partial charge is 0.267 e. The molecule has 0 unspecified atom stereocenters. The molecule has 3 aliphatic rings. The largest absolute Gasteiger partial charge is 0.378 e. The van der Waals surface area contributed by atoms with Gasteiger partial charge in [0.15, 0.2) is 5.13 Å². The van der Waals surface area contributed by atoms with Crippen LogP contribution in [0.25, 0.3) is 0 Å². The zero-order valence-corrected chi connectivity index (χ0v) is 34.5. The number of aryl methyl sites for hydroxylation is 2. The Morgan fingerprint density at radius 2 is 1.54 bits per heavy atom. The fourth-order valence-electron chi connectivity index (χ4n) is 7.13. The molecule has 6 rings (SSSR count). The van der Waals surface area contributed by atoms with Gasteiger partial charge in [-0.1, -0.05) is 47.2 Å². The van der Waals surface area contributed by atoms with Crippen LogP contribution < -0.4 is 20.9 Å². The number of hydrogen-bond acceptors (Lipinski definition) is 14. The fourth-order valence-corrected chi connectivity index (χ4v) is 8.11. The first-order chi connectivity index (χ1) is 27.8. The van der Waals surface area contributed by atoms with Gasteiger partial charge in [-0.3, -0.25) is 14.5 Å². The van der Waals surface area contributed by atoms with Crippen LogP contribution in [0.3, 0.4) is 0 Å². The molecule has 2 aliphatic carbocycles. The Balaban J connectivity index is 0.740. The Morgan fingerprint density at radius 3 is 2.19 bits per heavy atom. The molecular weight excluding hydrogens is 772 g/mol. The Hall–Kier alpha value is -3.74. The minimum absolute atomic E-state index is 0.138. The lowest BCUT2D eigenvalue weighted by Gasteiger charge is -2.35. The number of hydrogen-bond donors (Lipinski definition) is 3. The summed E-state index contributed by atoms with van der Waals surface area (Å²) in [6.45, 7) is 13.8. The summed E-state index contributed by atoms with van der Waals surface area (Å²) in [5, 5.41) is 10.2. The minimum atomic E-state index is -0.273. The quantitative estimate of drug-likeness (QED) is 0.0841. The number of halogens is 1. The number of aromatic nitrogens is 3. The normalized spacial score (nSPS) is 19.0. The number of benzene rings is 1. The molecule has 2 amide bonds. The predicted octanol–water partition coefficient (Wildman–Crippen LogP) is 4.73. The lowest BCUT2D eigenvalue weighted by atomic mass is 9.93. The van der Waals surface area contributed by atoms with E-state index in [1.165, 1.54) is 11.3 Å². The molecule has 0 radical (unpaired) electrons. The van der Waals surface area contributed by atoms with Gasteiger partial charge in [-0.25, -0.2) is 15.0 Å². The first-order valence-electron chi connectivity index (χ1n) is 19.8. The first-order valence-corrected chi connectivity index (χ1v) is 21.0. The van der Waals surface area contributed by atoms with Crippen molar-refractivity contribution in [2.75, 3.05) is 121 Å². The number of piperazine rings is 1. The van der Waals surface area contributed by atoms with Gasteiger partial charge < -0.3 is 44.5 Å². The van der Waals surface area contributed by atoms with E-state index < -0.39 is 0 Å². The predicted molar refractivity (Wildman–Crippen MR) is 221 cm³/mol. The van der Waals surface area contributed by atoms with Gasteiger partial charge in [-0.15, -0.1) is 0 Å². The van der Waals surface area contributed by atoms with Crippen LogP contribution in [0.5, 0.6) is 0 Å². The lowest BCUT2D eigenvalue weighted by molar-refractivity contribution is -0.126. The van der Waals surface area contributed by atoms with Gasteiger partial charge in [0.05, 0.1) is 83.0 Å². The summed E-state index contributed by atoms with van der Waals surface area (Å²) in [7, 11) is 0. The highest BCUT2D eigenvalue weighted by Crippen LogP contribution is 2.43. The molecule has 3 atom stereocenters. The van der Waals surface area contributed by atoms with E-state index in [1.54, 1.807) is 12.3 Å². The summed E-state index contributed by atoms with van der Waals surface area (Å²) in [6, 6.07) is 7.40. The van der Waals surface area contributed by atoms with Crippen molar-refractivity contribution in [2.24, 2.45) is 17.8 Å². The van der Waals surface area contributed by atoms with Gasteiger partial charge in [0.25, 0.3) is 5.91 Å². The van der Waals surface area contributed by atoms with Crippen LogP contribution in [0.15, 0.2) is 42.6 Å². The maximum Gasteiger partial charge on any atom is 0.267 e. The Morgan fingerprint density at radius 1 is 0.860 bits per heavy atom. The zero-order valence-electron chi connectivity index (χ0n) is 32.9. The zero-order chi connectivity index (χ0) is 39.8. The third-order valence-electron chi connectivity index (χ3n) is 10.1. The van der Waals surface area contributed by atoms with Gasteiger partial charge in [0.2, 0.25) is 5.91 Å². The maximum atomic E-state index is 12.9. The molecule has 15 nitrogen and oxygen atoms in total. The third-order valence-corrected chi connectivity index (χ3v) is 11.4. The Kier molecular flexibility index (Phi) is 16.9. The number of para-hydroxylation sites is 1. The van der Waals surface area contributed by atoms with Crippen LogP contribution in [0.4, 0.5) is 22.5 Å². The van der Waals surface area contributed by atoms with Crippen molar-refractivity contribution in [3.05, 3.63) is 63.9 Å². The molecule has 1 aromatic carbocycles. The minimum Gasteiger partial charge on any atom is -0.378 e. The standard InChI is InChI=1S/C40H55ClN8O7S/c1-28-4-3-5-33(41)37(28)47-39(51)34-27-43-40(57-34)46-35-26-36(45-29(2)44-35)49-11-9-48(10-12-49)13-15-53-17-19-55-21-23-56-22-20-54-18-16-52-14-8-42-38(50)32-25-30-6-7-31(32)24-30/h3-7,26-27,30-32H,8-25H2,1-2H3,(H,42,50)(H,47,51)(H,43,44,45,46)/t30-,31+,32-/m0/s1. The molecule has 3 heterocycles. The molecule has 1 aliphatic heterocycles. The molecule has 1 saturated heterocycles. The number of amides is 2. The van der Waals surface area contributed by atoms with E-state index >= 15 is 0 Å². The number of anilines is 4. The molecule has 17 heteroatoms. The second-order valence-electron chi connectivity index (χ2n) is 14.3. The van der Waals surface area contributed by atoms with Crippen molar-refractivity contribution in [3.63, 3.8) is 0 Å². The first kappa shape index (κ1) is 42.9. The number of allylic oxidation sites excluding steroid dienone is 2. The number of carbonyl (C=O) groups excluding carboxylic acids is 2. The van der Waals surface area contributed by atoms with E-state index in [4.69, 9.17) is 35.3 Å². The summed E-state index contributed by atoms with van der Waals surface area (Å²) in [4.78, 5) is 43.9. The van der Waals surface area contributed by atoms with Crippen molar-refractivity contribution >= 4 is 57.2 Å². The van der Waals surface area contributed by atoms with E-state index in [-0.39, 0.29) is 17.7 Å². The van der Waals surface area contributed by atoms with Gasteiger partial charge >= 0.3 is 0 Å². The van der Waals surface area contributed by atoms with E-state index in [1.807, 2.05) is 32.0 Å². The lowest BCUT2D eigenvalue weighted by Crippen LogP contribution is -2.47. The highest BCUT2D eigenvalue weighted by molar-refractivity contribution is 7.17. The van der Waals surface area contributed by atoms with Gasteiger partial charge in [-0.2, -0.15) is 0 Å². The summed E-state index contributed by atoms with van der Waals surface area (Å²) in [5.41, 5.74) is 1.48. The average molecular weight is 827 g/mol. The number of ether oxygens (including phenoxy) is 5. The average Bonchev–Trinajstić information content (AvgIpc) is 3.98. The number of nitrogens with one attached hydrogen (secondary N) is 3. The van der Waals surface area contributed by atoms with Gasteiger partial charge in [0, 0.05) is 51.3 Å². The Bertz CT molecular complexity index is 1750. The van der Waals surface area contributed by atoms with Crippen LogP contribution in [0, 0.1) is 31.6 Å². The molecule has 1 saturated carbocycles. The van der Waals surface area contributed by atoms with Crippen LogP contribution in [0.1, 0.15) is 33.9 Å². The number of fused-ring (bicyclic) bond motifs is 2. The van der Waals surface area contributed by atoms with Crippen molar-refractivity contribution < 1.29 is 33.3 Å². The molecule has 2 aromatic heterocycles. The molecule has 2 bridgehead atoms. The number of carbonyl (C=O) groups is 2. The van der Waals surface area contributed by atoms with Crippen LogP contribution in [-0.4, -0.2) is 137 Å². The van der Waals surface area contributed by atoms with Crippen molar-refractivity contribution in [3.8, 4) is 0 Å². The summed E-state index contributed by atoms with van der Waals surface area (Å²) in [5.74, 6) is 3.16. The van der Waals surface area contributed by atoms with Crippen molar-refractivity contribution in [1.29, 1.82) is 0 Å². The van der Waals surface area contributed by atoms with Crippen LogP contribution >= 0.6 is 22.9 Å². The summed E-state index contributed by atoms with van der Waals surface area (Å²) >= 11 is 7.52. The monoisotopic (exact) mass is 826 g/mol. The van der Waals surface area contributed by atoms with Crippen LogP contribution in [-0.2, 0) is 28.5 Å². The topological polar surface area (TPSA) is 162 Å². The van der Waals surface area contributed by atoms with E-state index in [0.717, 1.165) is 56.9 Å². The molecule has 310 valence electrons. The number of rotatable bonds is 24. The van der Waals surface area contributed by atoms with Crippen LogP contribution in [0.2, 0.25) is 5.02 Å². The second-order valence-corrected chi connectivity index (χ2v) is 15.7. The molecule has 3 N–H and O–H groups in total. The SMILES string of the molecule is Cc1nc(Nc2ncc(C(=O)Nc3c(C)cccc3Cl)s2)cc(N2CCN(CCOCCOCCOCCOCCOCCNC(=O)[C@H]3C[C@H]4C=C[C@@H]3C4)CC2)n1. The molecule has 57 heavy (non-hydrogen) atoms. The van der Waals surface area contributed by atoms with E-state index in [9.17, 15) is 9.59 Å². The molecule has 3 aromatic rings. The van der Waals surface area contributed by atoms with E-state index in [0.29, 0.717) is 117 Å². The number of nitrogens with zero attached hydrogens (tertiary/aromatic N) is 5. The molecule has 2 fully saturated rings. The van der Waals surface area contributed by atoms with E-state index in [2.05, 4.69) is 52.9 Å². The Labute approximate surface area is 343 Å². The molecular formula is C40H55ClN8O7S. The van der Waals surface area contributed by atoms with Crippen molar-refractivity contribution in [1.82, 2.24) is 25.2 Å². The van der Waals surface area contributed by atoms with Gasteiger partial charge in [-0.05, 0) is 50.2 Å². The third kappa shape index (κ3) is 13.4. The fraction of sp³-hybridized carbons (Fsp3) is 0.575. The maximum absolute atomic E-state index is 12.9. The second kappa shape index (κ2) is 22.4. The highest BCUT2D eigenvalue weighted by atomic mass is 35.5. The van der Waals surface area contributed by atoms with Gasteiger partial charge in [0.1, 0.15) is 22.3 Å². The number of thiazole rings is 1. The summed E-state index contributed by atoms with van der Waals surface area (Å²) in [6.07, 6.45) is 8.10. The molecule has 0 spiro atoms. The highest BCUT2D eigenvalue weighted by Gasteiger charge is 2.39. The summed E-state index contributed by atoms with van der Waals surface area (Å²) < 4.78 is 28.1.